The van der Waals surface area contributed by atoms with Gasteiger partial charge >= 0.3 is 0 Å². The second-order valence-corrected chi connectivity index (χ2v) is 8.37. The Hall–Kier alpha value is -2.14. The number of hydrogen-bond acceptors (Lipinski definition) is 5. The smallest absolute Gasteiger partial charge is 0.225 e. The molecule has 1 aliphatic carbocycles. The highest BCUT2D eigenvalue weighted by atomic mass is 16.3. The largest absolute Gasteiger partial charge is 0.394 e. The zero-order valence-electron chi connectivity index (χ0n) is 15.9. The molecule has 1 aliphatic heterocycles. The number of aliphatic hydroxyl groups is 1. The third-order valence-corrected chi connectivity index (χ3v) is 5.40. The predicted molar refractivity (Wildman–Crippen MR) is 105 cm³/mol. The molecule has 5 heteroatoms. The molecule has 2 N–H and O–H groups in total. The van der Waals surface area contributed by atoms with Crippen LogP contribution in [0.3, 0.4) is 0 Å². The Morgan fingerprint density at radius 3 is 2.77 bits per heavy atom. The van der Waals surface area contributed by atoms with E-state index in [9.17, 15) is 5.11 Å². The molecular weight excluding hydrogens is 324 g/mol. The minimum Gasteiger partial charge on any atom is -0.394 e. The lowest BCUT2D eigenvalue weighted by Gasteiger charge is -2.40. The second-order valence-electron chi connectivity index (χ2n) is 8.37. The van der Waals surface area contributed by atoms with Gasteiger partial charge in [0.25, 0.3) is 0 Å². The minimum absolute atomic E-state index is 0.0594. The van der Waals surface area contributed by atoms with Gasteiger partial charge in [-0.25, -0.2) is 4.98 Å². The van der Waals surface area contributed by atoms with E-state index in [1.165, 1.54) is 24.0 Å². The average Bonchev–Trinajstić information content (AvgIpc) is 3.46. The van der Waals surface area contributed by atoms with Crippen molar-refractivity contribution in [3.63, 3.8) is 0 Å². The molecule has 2 heterocycles. The molecule has 2 aromatic rings. The van der Waals surface area contributed by atoms with Crippen molar-refractivity contribution < 1.29 is 5.11 Å². The lowest BCUT2D eigenvalue weighted by Crippen LogP contribution is -2.42. The molecule has 0 spiro atoms. The van der Waals surface area contributed by atoms with Crippen molar-refractivity contribution in [1.82, 2.24) is 9.97 Å². The highest BCUT2D eigenvalue weighted by molar-refractivity contribution is 5.51. The summed E-state index contributed by atoms with van der Waals surface area (Å²) >= 11 is 0. The normalized spacial score (nSPS) is 19.8. The number of nitrogens with zero attached hydrogens (tertiary/aromatic N) is 3. The van der Waals surface area contributed by atoms with Gasteiger partial charge in [0.05, 0.1) is 12.3 Å². The summed E-state index contributed by atoms with van der Waals surface area (Å²) in [6, 6.07) is 10.8. The fourth-order valence-electron chi connectivity index (χ4n) is 3.84. The van der Waals surface area contributed by atoms with Crippen LogP contribution in [0.15, 0.2) is 30.3 Å². The lowest BCUT2D eigenvalue weighted by molar-refractivity contribution is 0.281. The molecule has 2 aliphatic rings. The summed E-state index contributed by atoms with van der Waals surface area (Å²) in [4.78, 5) is 11.9. The number of aromatic nitrogens is 2. The Balaban J connectivity index is 1.69. The zero-order chi connectivity index (χ0) is 18.3. The molecule has 0 unspecified atom stereocenters. The van der Waals surface area contributed by atoms with E-state index in [-0.39, 0.29) is 18.1 Å². The van der Waals surface area contributed by atoms with E-state index in [0.29, 0.717) is 11.9 Å². The van der Waals surface area contributed by atoms with Crippen LogP contribution in [0.4, 0.5) is 11.8 Å². The van der Waals surface area contributed by atoms with Gasteiger partial charge in [0.1, 0.15) is 5.82 Å². The summed E-state index contributed by atoms with van der Waals surface area (Å²) in [7, 11) is 0. The molecule has 0 amide bonds. The maximum absolute atomic E-state index is 9.35. The first-order valence-corrected chi connectivity index (χ1v) is 9.56. The van der Waals surface area contributed by atoms with E-state index < -0.39 is 0 Å². The van der Waals surface area contributed by atoms with Gasteiger partial charge in [0, 0.05) is 36.5 Å². The second kappa shape index (κ2) is 6.54. The molecule has 5 nitrogen and oxygen atoms in total. The van der Waals surface area contributed by atoms with Crippen molar-refractivity contribution in [2.45, 2.75) is 57.5 Å². The van der Waals surface area contributed by atoms with E-state index in [1.807, 2.05) is 6.92 Å². The van der Waals surface area contributed by atoms with Crippen molar-refractivity contribution >= 4 is 11.8 Å². The quantitative estimate of drug-likeness (QED) is 0.863. The molecule has 4 rings (SSSR count). The maximum Gasteiger partial charge on any atom is 0.225 e. The van der Waals surface area contributed by atoms with E-state index in [1.54, 1.807) is 0 Å². The molecule has 1 aromatic carbocycles. The van der Waals surface area contributed by atoms with Gasteiger partial charge in [-0.1, -0.05) is 38.1 Å². The van der Waals surface area contributed by atoms with Crippen LogP contribution in [-0.4, -0.2) is 34.3 Å². The summed E-state index contributed by atoms with van der Waals surface area (Å²) < 4.78 is 0. The fourth-order valence-corrected chi connectivity index (χ4v) is 3.84. The van der Waals surface area contributed by atoms with E-state index in [0.717, 1.165) is 24.6 Å². The van der Waals surface area contributed by atoms with E-state index in [2.05, 4.69) is 54.4 Å². The molecular formula is C21H28N4O. The minimum atomic E-state index is -0.0594. The number of rotatable bonds is 5. The van der Waals surface area contributed by atoms with Gasteiger partial charge in [-0.2, -0.15) is 4.98 Å². The van der Waals surface area contributed by atoms with Crippen LogP contribution in [0.5, 0.6) is 0 Å². The Kier molecular flexibility index (Phi) is 4.35. The van der Waals surface area contributed by atoms with Crippen molar-refractivity contribution in [1.29, 1.82) is 0 Å². The van der Waals surface area contributed by atoms with Gasteiger partial charge < -0.3 is 15.3 Å². The van der Waals surface area contributed by atoms with Gasteiger partial charge in [-0.05, 0) is 30.9 Å². The monoisotopic (exact) mass is 352 g/mol. The number of aliphatic hydroxyl groups excluding tert-OH is 1. The van der Waals surface area contributed by atoms with Gasteiger partial charge in [0.2, 0.25) is 5.95 Å². The molecule has 0 saturated heterocycles. The Morgan fingerprint density at radius 1 is 1.27 bits per heavy atom. The van der Waals surface area contributed by atoms with Crippen LogP contribution < -0.4 is 10.2 Å². The van der Waals surface area contributed by atoms with E-state index in [4.69, 9.17) is 9.97 Å². The standard InChI is InChI=1S/C21H28N4O/c1-14(12-26)22-20-23-18(15-8-9-15)10-19(24-20)25-11-16-6-4-5-7-17(16)21(2,3)13-25/h4-7,10,14-15,26H,8-9,11-13H2,1-3H3,(H,22,23,24)/t14-/m0/s1. The first-order chi connectivity index (χ1) is 12.5. The third kappa shape index (κ3) is 3.40. The van der Waals surface area contributed by atoms with E-state index >= 15 is 0 Å². The van der Waals surface area contributed by atoms with Crippen LogP contribution >= 0.6 is 0 Å². The predicted octanol–water partition coefficient (Wildman–Crippen LogP) is 3.44. The molecule has 1 fully saturated rings. The molecule has 1 atom stereocenters. The molecule has 0 radical (unpaired) electrons. The maximum atomic E-state index is 9.35. The first kappa shape index (κ1) is 17.3. The molecule has 138 valence electrons. The van der Waals surface area contributed by atoms with Crippen LogP contribution in [0.1, 0.15) is 56.4 Å². The highest BCUT2D eigenvalue weighted by Gasteiger charge is 2.33. The Morgan fingerprint density at radius 2 is 2.04 bits per heavy atom. The van der Waals surface area contributed by atoms with Gasteiger partial charge in [-0.15, -0.1) is 0 Å². The summed E-state index contributed by atoms with van der Waals surface area (Å²) in [5, 5.41) is 12.6. The van der Waals surface area contributed by atoms with Crippen LogP contribution in [0.2, 0.25) is 0 Å². The topological polar surface area (TPSA) is 61.3 Å². The fraction of sp³-hybridized carbons (Fsp3) is 0.524. The summed E-state index contributed by atoms with van der Waals surface area (Å²) in [5.74, 6) is 2.17. The summed E-state index contributed by atoms with van der Waals surface area (Å²) in [5.41, 5.74) is 4.00. The highest BCUT2D eigenvalue weighted by Crippen LogP contribution is 2.41. The molecule has 0 bridgehead atoms. The van der Waals surface area contributed by atoms with Crippen LogP contribution in [0.25, 0.3) is 0 Å². The van der Waals surface area contributed by atoms with Crippen LogP contribution in [0, 0.1) is 0 Å². The third-order valence-electron chi connectivity index (χ3n) is 5.40. The molecule has 26 heavy (non-hydrogen) atoms. The molecule has 1 aromatic heterocycles. The van der Waals surface area contributed by atoms with Gasteiger partial charge in [-0.3, -0.25) is 0 Å². The first-order valence-electron chi connectivity index (χ1n) is 9.56. The van der Waals surface area contributed by atoms with Crippen molar-refractivity contribution in [2.24, 2.45) is 0 Å². The number of benzene rings is 1. The SMILES string of the molecule is C[C@@H](CO)Nc1nc(C2CC2)cc(N2Cc3ccccc3C(C)(C)C2)n1. The van der Waals surface area contributed by atoms with Crippen molar-refractivity contribution in [3.05, 3.63) is 47.2 Å². The summed E-state index contributed by atoms with van der Waals surface area (Å²) in [6.07, 6.45) is 2.42. The number of fused-ring (bicyclic) bond motifs is 1. The number of nitrogens with one attached hydrogen (secondary N) is 1. The van der Waals surface area contributed by atoms with Crippen LogP contribution in [-0.2, 0) is 12.0 Å². The number of anilines is 2. The summed E-state index contributed by atoms with van der Waals surface area (Å²) in [6.45, 7) is 8.40. The Labute approximate surface area is 155 Å². The Bertz CT molecular complexity index is 800. The lowest BCUT2D eigenvalue weighted by atomic mass is 9.78. The molecule has 1 saturated carbocycles. The van der Waals surface area contributed by atoms with Crippen molar-refractivity contribution in [3.8, 4) is 0 Å². The van der Waals surface area contributed by atoms with Gasteiger partial charge in [0.15, 0.2) is 0 Å². The number of hydrogen-bond donors (Lipinski definition) is 2. The average molecular weight is 352 g/mol. The van der Waals surface area contributed by atoms with Crippen molar-refractivity contribution in [2.75, 3.05) is 23.4 Å². The zero-order valence-corrected chi connectivity index (χ0v) is 15.9.